The molecular formula is C14H18FNO3. The van der Waals surface area contributed by atoms with Gasteiger partial charge in [0.1, 0.15) is 0 Å². The van der Waals surface area contributed by atoms with Crippen molar-refractivity contribution in [3.63, 3.8) is 0 Å². The smallest absolute Gasteiger partial charge is 0.310 e. The van der Waals surface area contributed by atoms with E-state index in [-0.39, 0.29) is 5.75 Å². The molecule has 1 heterocycles. The summed E-state index contributed by atoms with van der Waals surface area (Å²) in [5.74, 6) is -1.07. The average Bonchev–Trinajstić information content (AvgIpc) is 2.40. The van der Waals surface area contributed by atoms with Crippen molar-refractivity contribution in [3.8, 4) is 5.75 Å². The zero-order valence-electron chi connectivity index (χ0n) is 10.9. The summed E-state index contributed by atoms with van der Waals surface area (Å²) in [6.45, 7) is 1.37. The molecule has 2 N–H and O–H groups in total. The monoisotopic (exact) mass is 267 g/mol. The van der Waals surface area contributed by atoms with Gasteiger partial charge in [-0.3, -0.25) is 4.79 Å². The summed E-state index contributed by atoms with van der Waals surface area (Å²) in [7, 11) is 1.41. The molecule has 1 saturated heterocycles. The molecule has 1 aliphatic heterocycles. The van der Waals surface area contributed by atoms with Crippen LogP contribution in [0.4, 0.5) is 4.39 Å². The molecule has 1 aromatic carbocycles. The first-order chi connectivity index (χ1) is 9.07. The van der Waals surface area contributed by atoms with Gasteiger partial charge in [-0.1, -0.05) is 6.07 Å². The quantitative estimate of drug-likeness (QED) is 0.874. The molecule has 4 nitrogen and oxygen atoms in total. The largest absolute Gasteiger partial charge is 0.494 e. The second-order valence-corrected chi connectivity index (χ2v) is 4.98. The maximum absolute atomic E-state index is 13.6. The van der Waals surface area contributed by atoms with Crippen LogP contribution in [-0.2, 0) is 11.2 Å². The fraction of sp³-hybridized carbons (Fsp3) is 0.500. The molecule has 5 heteroatoms. The van der Waals surface area contributed by atoms with Crippen molar-refractivity contribution in [2.45, 2.75) is 19.3 Å². The SMILES string of the molecule is COc1ccc(CC2(C(=O)O)CCNCC2)cc1F. The Hall–Kier alpha value is -1.62. The molecule has 0 atom stereocenters. The van der Waals surface area contributed by atoms with Crippen LogP contribution in [0.15, 0.2) is 18.2 Å². The highest BCUT2D eigenvalue weighted by Gasteiger charge is 2.39. The van der Waals surface area contributed by atoms with Crippen LogP contribution in [0.3, 0.4) is 0 Å². The molecule has 19 heavy (non-hydrogen) atoms. The van der Waals surface area contributed by atoms with Crippen molar-refractivity contribution in [1.82, 2.24) is 5.32 Å². The maximum Gasteiger partial charge on any atom is 0.310 e. The van der Waals surface area contributed by atoms with Crippen LogP contribution < -0.4 is 10.1 Å². The first-order valence-corrected chi connectivity index (χ1v) is 6.34. The minimum absolute atomic E-state index is 0.179. The fourth-order valence-electron chi connectivity index (χ4n) is 2.58. The van der Waals surface area contributed by atoms with Gasteiger partial charge in [-0.05, 0) is 50.0 Å². The van der Waals surface area contributed by atoms with Gasteiger partial charge in [-0.15, -0.1) is 0 Å². The van der Waals surface area contributed by atoms with Gasteiger partial charge in [0.25, 0.3) is 0 Å². The lowest BCUT2D eigenvalue weighted by Gasteiger charge is -2.33. The first kappa shape index (κ1) is 13.8. The van der Waals surface area contributed by atoms with Crippen LogP contribution in [0.2, 0.25) is 0 Å². The first-order valence-electron chi connectivity index (χ1n) is 6.34. The van der Waals surface area contributed by atoms with Gasteiger partial charge in [0, 0.05) is 0 Å². The summed E-state index contributed by atoms with van der Waals surface area (Å²) in [5.41, 5.74) is -0.0886. The average molecular weight is 267 g/mol. The summed E-state index contributed by atoms with van der Waals surface area (Å²) >= 11 is 0. The molecule has 0 aromatic heterocycles. The predicted octanol–water partition coefficient (Wildman–Crippen LogP) is 1.83. The van der Waals surface area contributed by atoms with E-state index in [2.05, 4.69) is 5.32 Å². The molecule has 1 aliphatic rings. The van der Waals surface area contributed by atoms with Crippen LogP contribution in [0.1, 0.15) is 18.4 Å². The summed E-state index contributed by atoms with van der Waals surface area (Å²) in [6, 6.07) is 4.64. The highest BCUT2D eigenvalue weighted by Crippen LogP contribution is 2.34. The third-order valence-corrected chi connectivity index (χ3v) is 3.77. The van der Waals surface area contributed by atoms with E-state index < -0.39 is 17.2 Å². The van der Waals surface area contributed by atoms with Gasteiger partial charge in [0.15, 0.2) is 11.6 Å². The van der Waals surface area contributed by atoms with E-state index in [4.69, 9.17) is 4.74 Å². The Labute approximate surface area is 111 Å². The fourth-order valence-corrected chi connectivity index (χ4v) is 2.58. The topological polar surface area (TPSA) is 58.6 Å². The molecule has 1 fully saturated rings. The molecule has 0 spiro atoms. The Balaban J connectivity index is 2.22. The third-order valence-electron chi connectivity index (χ3n) is 3.77. The number of nitrogens with one attached hydrogen (secondary N) is 1. The Bertz CT molecular complexity index is 470. The van der Waals surface area contributed by atoms with Gasteiger partial charge in [-0.25, -0.2) is 4.39 Å². The van der Waals surface area contributed by atoms with Crippen molar-refractivity contribution in [1.29, 1.82) is 0 Å². The van der Waals surface area contributed by atoms with Gasteiger partial charge in [-0.2, -0.15) is 0 Å². The zero-order chi connectivity index (χ0) is 13.9. The molecule has 0 aliphatic carbocycles. The Kier molecular flexibility index (Phi) is 4.04. The van der Waals surface area contributed by atoms with Crippen LogP contribution >= 0.6 is 0 Å². The standard InChI is InChI=1S/C14H18FNO3/c1-19-12-3-2-10(8-11(12)15)9-14(13(17)18)4-6-16-7-5-14/h2-3,8,16H,4-7,9H2,1H3,(H,17,18). The molecule has 104 valence electrons. The minimum Gasteiger partial charge on any atom is -0.494 e. The van der Waals surface area contributed by atoms with E-state index in [1.807, 2.05) is 0 Å². The summed E-state index contributed by atoms with van der Waals surface area (Å²) in [4.78, 5) is 11.5. The zero-order valence-corrected chi connectivity index (χ0v) is 10.9. The molecular weight excluding hydrogens is 249 g/mol. The number of hydrogen-bond acceptors (Lipinski definition) is 3. The van der Waals surface area contributed by atoms with Crippen molar-refractivity contribution in [2.24, 2.45) is 5.41 Å². The van der Waals surface area contributed by atoms with Crippen LogP contribution in [0.5, 0.6) is 5.75 Å². The molecule has 0 saturated carbocycles. The lowest BCUT2D eigenvalue weighted by molar-refractivity contribution is -0.150. The van der Waals surface area contributed by atoms with E-state index in [1.165, 1.54) is 13.2 Å². The highest BCUT2D eigenvalue weighted by atomic mass is 19.1. The Morgan fingerprint density at radius 1 is 1.47 bits per heavy atom. The van der Waals surface area contributed by atoms with Gasteiger partial charge in [0.05, 0.1) is 12.5 Å². The molecule has 0 radical (unpaired) electrons. The number of piperidine rings is 1. The number of carboxylic acid groups (broad SMARTS) is 1. The van der Waals surface area contributed by atoms with Crippen LogP contribution in [0.25, 0.3) is 0 Å². The number of aliphatic carboxylic acids is 1. The summed E-state index contributed by atoms with van der Waals surface area (Å²) < 4.78 is 18.5. The number of hydrogen-bond donors (Lipinski definition) is 2. The molecule has 0 unspecified atom stereocenters. The van der Waals surface area contributed by atoms with Crippen LogP contribution in [0, 0.1) is 11.2 Å². The minimum atomic E-state index is -0.801. The number of benzene rings is 1. The van der Waals surface area contributed by atoms with Crippen molar-refractivity contribution >= 4 is 5.97 Å². The van der Waals surface area contributed by atoms with Gasteiger partial charge in [0.2, 0.25) is 0 Å². The van der Waals surface area contributed by atoms with E-state index in [0.717, 1.165) is 0 Å². The third kappa shape index (κ3) is 2.87. The molecule has 0 amide bonds. The number of halogens is 1. The summed E-state index contributed by atoms with van der Waals surface area (Å²) in [5, 5.41) is 12.6. The second kappa shape index (κ2) is 5.57. The lowest BCUT2D eigenvalue weighted by atomic mass is 9.74. The molecule has 2 rings (SSSR count). The Morgan fingerprint density at radius 3 is 2.68 bits per heavy atom. The normalized spacial score (nSPS) is 18.0. The number of methoxy groups -OCH3 is 1. The maximum atomic E-state index is 13.6. The van der Waals surface area contributed by atoms with Crippen molar-refractivity contribution < 1.29 is 19.0 Å². The number of carbonyl (C=O) groups is 1. The van der Waals surface area contributed by atoms with E-state index in [1.54, 1.807) is 12.1 Å². The number of carboxylic acids is 1. The van der Waals surface area contributed by atoms with Crippen molar-refractivity contribution in [3.05, 3.63) is 29.6 Å². The number of rotatable bonds is 4. The van der Waals surface area contributed by atoms with E-state index >= 15 is 0 Å². The van der Waals surface area contributed by atoms with Crippen molar-refractivity contribution in [2.75, 3.05) is 20.2 Å². The molecule has 1 aromatic rings. The highest BCUT2D eigenvalue weighted by molar-refractivity contribution is 5.75. The van der Waals surface area contributed by atoms with E-state index in [0.29, 0.717) is 37.9 Å². The summed E-state index contributed by atoms with van der Waals surface area (Å²) in [6.07, 6.45) is 1.48. The van der Waals surface area contributed by atoms with Gasteiger partial charge >= 0.3 is 5.97 Å². The Morgan fingerprint density at radius 2 is 2.16 bits per heavy atom. The molecule has 0 bridgehead atoms. The lowest BCUT2D eigenvalue weighted by Crippen LogP contribution is -2.43. The predicted molar refractivity (Wildman–Crippen MR) is 68.8 cm³/mol. The van der Waals surface area contributed by atoms with Crippen LogP contribution in [-0.4, -0.2) is 31.3 Å². The van der Waals surface area contributed by atoms with Gasteiger partial charge < -0.3 is 15.2 Å². The van der Waals surface area contributed by atoms with E-state index in [9.17, 15) is 14.3 Å². The second-order valence-electron chi connectivity index (χ2n) is 4.98. The number of ether oxygens (including phenoxy) is 1.